The van der Waals surface area contributed by atoms with E-state index >= 15 is 0 Å². The monoisotopic (exact) mass is 264 g/mol. The van der Waals surface area contributed by atoms with Crippen LogP contribution in [0.1, 0.15) is 39.8 Å². The van der Waals surface area contributed by atoms with Gasteiger partial charge in [0.1, 0.15) is 0 Å². The zero-order chi connectivity index (χ0) is 14.0. The van der Waals surface area contributed by atoms with Gasteiger partial charge in [-0.2, -0.15) is 5.10 Å². The van der Waals surface area contributed by atoms with Crippen molar-refractivity contribution in [2.45, 2.75) is 52.6 Å². The molecule has 0 amide bonds. The summed E-state index contributed by atoms with van der Waals surface area (Å²) in [5.41, 5.74) is 2.56. The molecule has 4 heteroatoms. The highest BCUT2D eigenvalue weighted by Crippen LogP contribution is 2.27. The van der Waals surface area contributed by atoms with E-state index in [-0.39, 0.29) is 0 Å². The SMILES string of the molecule is CCc1nn(C)cc1N1CC(CC)NCC1C(C)C. The molecule has 1 aromatic rings. The number of hydrogen-bond donors (Lipinski definition) is 1. The third-order valence-corrected chi connectivity index (χ3v) is 4.22. The van der Waals surface area contributed by atoms with Gasteiger partial charge in [-0.1, -0.05) is 27.7 Å². The molecule has 2 atom stereocenters. The molecule has 108 valence electrons. The summed E-state index contributed by atoms with van der Waals surface area (Å²) in [6.07, 6.45) is 4.37. The number of anilines is 1. The van der Waals surface area contributed by atoms with E-state index in [1.54, 1.807) is 0 Å². The van der Waals surface area contributed by atoms with Gasteiger partial charge in [-0.15, -0.1) is 0 Å². The van der Waals surface area contributed by atoms with Crippen molar-refractivity contribution in [3.8, 4) is 0 Å². The van der Waals surface area contributed by atoms with E-state index in [2.05, 4.69) is 49.2 Å². The Morgan fingerprint density at radius 2 is 2.16 bits per heavy atom. The predicted octanol–water partition coefficient (Wildman–Crippen LogP) is 2.20. The highest BCUT2D eigenvalue weighted by atomic mass is 15.3. The fourth-order valence-corrected chi connectivity index (χ4v) is 2.99. The standard InChI is InChI=1S/C15H28N4/c1-6-12-9-19(14(8-16-12)11(3)4)15-10-18(5)17-13(15)7-2/h10-12,14,16H,6-9H2,1-5H3. The van der Waals surface area contributed by atoms with Gasteiger partial charge in [0.25, 0.3) is 0 Å². The zero-order valence-electron chi connectivity index (χ0n) is 13.0. The van der Waals surface area contributed by atoms with Crippen LogP contribution >= 0.6 is 0 Å². The smallest absolute Gasteiger partial charge is 0.0855 e. The van der Waals surface area contributed by atoms with Crippen molar-refractivity contribution >= 4 is 5.69 Å². The summed E-state index contributed by atoms with van der Waals surface area (Å²) < 4.78 is 1.95. The summed E-state index contributed by atoms with van der Waals surface area (Å²) in [7, 11) is 2.02. The molecule has 0 bridgehead atoms. The van der Waals surface area contributed by atoms with Crippen LogP contribution in [-0.4, -0.2) is 35.0 Å². The van der Waals surface area contributed by atoms with Gasteiger partial charge < -0.3 is 10.2 Å². The van der Waals surface area contributed by atoms with Crippen molar-refractivity contribution in [1.29, 1.82) is 0 Å². The average Bonchev–Trinajstić information content (AvgIpc) is 2.79. The zero-order valence-corrected chi connectivity index (χ0v) is 13.0. The van der Waals surface area contributed by atoms with Crippen LogP contribution in [-0.2, 0) is 13.5 Å². The van der Waals surface area contributed by atoms with Crippen molar-refractivity contribution in [1.82, 2.24) is 15.1 Å². The highest BCUT2D eigenvalue weighted by molar-refractivity contribution is 5.51. The lowest BCUT2D eigenvalue weighted by Crippen LogP contribution is -2.58. The van der Waals surface area contributed by atoms with E-state index in [9.17, 15) is 0 Å². The molecule has 1 aromatic heterocycles. The van der Waals surface area contributed by atoms with Gasteiger partial charge in [0.05, 0.1) is 11.4 Å². The van der Waals surface area contributed by atoms with E-state index in [4.69, 9.17) is 0 Å². The Kier molecular flexibility index (Phi) is 4.50. The first-order chi connectivity index (χ1) is 9.06. The molecule has 4 nitrogen and oxygen atoms in total. The van der Waals surface area contributed by atoms with Crippen LogP contribution in [0.3, 0.4) is 0 Å². The molecule has 0 spiro atoms. The molecule has 2 heterocycles. The van der Waals surface area contributed by atoms with Crippen LogP contribution in [0, 0.1) is 5.92 Å². The van der Waals surface area contributed by atoms with Crippen LogP contribution in [0.5, 0.6) is 0 Å². The molecule has 1 aliphatic heterocycles. The van der Waals surface area contributed by atoms with Gasteiger partial charge in [-0.3, -0.25) is 4.68 Å². The Morgan fingerprint density at radius 3 is 2.74 bits per heavy atom. The average molecular weight is 264 g/mol. The molecule has 0 aromatic carbocycles. The van der Waals surface area contributed by atoms with Crippen LogP contribution < -0.4 is 10.2 Å². The van der Waals surface area contributed by atoms with E-state index in [0.29, 0.717) is 18.0 Å². The number of piperazine rings is 1. The van der Waals surface area contributed by atoms with Gasteiger partial charge in [0.15, 0.2) is 0 Å². The molecule has 0 aliphatic carbocycles. The second kappa shape index (κ2) is 5.95. The molecule has 1 fully saturated rings. The second-order valence-electron chi connectivity index (χ2n) is 5.97. The van der Waals surface area contributed by atoms with Crippen LogP contribution in [0.15, 0.2) is 6.20 Å². The van der Waals surface area contributed by atoms with Gasteiger partial charge in [0.2, 0.25) is 0 Å². The summed E-state index contributed by atoms with van der Waals surface area (Å²) >= 11 is 0. The molecular weight excluding hydrogens is 236 g/mol. The summed E-state index contributed by atoms with van der Waals surface area (Å²) in [5.74, 6) is 0.648. The molecule has 1 saturated heterocycles. The molecule has 1 N–H and O–H groups in total. The number of nitrogens with zero attached hydrogens (tertiary/aromatic N) is 3. The lowest BCUT2D eigenvalue weighted by atomic mass is 9.97. The third kappa shape index (κ3) is 2.94. The number of rotatable bonds is 4. The fraction of sp³-hybridized carbons (Fsp3) is 0.800. The van der Waals surface area contributed by atoms with E-state index in [0.717, 1.165) is 19.5 Å². The fourth-order valence-electron chi connectivity index (χ4n) is 2.99. The molecule has 19 heavy (non-hydrogen) atoms. The van der Waals surface area contributed by atoms with E-state index in [1.807, 2.05) is 11.7 Å². The first-order valence-electron chi connectivity index (χ1n) is 7.59. The molecular formula is C15H28N4. The quantitative estimate of drug-likeness (QED) is 0.905. The normalized spacial score (nSPS) is 24.2. The van der Waals surface area contributed by atoms with Crippen LogP contribution in [0.4, 0.5) is 5.69 Å². The van der Waals surface area contributed by atoms with Crippen molar-refractivity contribution in [2.75, 3.05) is 18.0 Å². The summed E-state index contributed by atoms with van der Waals surface area (Å²) in [4.78, 5) is 2.58. The lowest BCUT2D eigenvalue weighted by molar-refractivity contribution is 0.333. The molecule has 2 unspecified atom stereocenters. The molecule has 0 saturated carbocycles. The lowest BCUT2D eigenvalue weighted by Gasteiger charge is -2.43. The number of aryl methyl sites for hydroxylation is 2. The first kappa shape index (κ1) is 14.4. The number of nitrogens with one attached hydrogen (secondary N) is 1. The Balaban J connectivity index is 2.30. The Morgan fingerprint density at radius 1 is 1.42 bits per heavy atom. The number of hydrogen-bond acceptors (Lipinski definition) is 3. The third-order valence-electron chi connectivity index (χ3n) is 4.22. The summed E-state index contributed by atoms with van der Waals surface area (Å²) in [6, 6.07) is 1.16. The van der Waals surface area contributed by atoms with Crippen molar-refractivity contribution < 1.29 is 0 Å². The first-order valence-corrected chi connectivity index (χ1v) is 7.59. The van der Waals surface area contributed by atoms with Gasteiger partial charge >= 0.3 is 0 Å². The molecule has 0 radical (unpaired) electrons. The Labute approximate surface area is 117 Å². The minimum absolute atomic E-state index is 0.567. The van der Waals surface area contributed by atoms with E-state index in [1.165, 1.54) is 17.8 Å². The van der Waals surface area contributed by atoms with E-state index < -0.39 is 0 Å². The predicted molar refractivity (Wildman–Crippen MR) is 80.6 cm³/mol. The topological polar surface area (TPSA) is 33.1 Å². The second-order valence-corrected chi connectivity index (χ2v) is 5.97. The minimum Gasteiger partial charge on any atom is -0.363 e. The molecule has 2 rings (SSSR count). The van der Waals surface area contributed by atoms with Crippen LogP contribution in [0.25, 0.3) is 0 Å². The highest BCUT2D eigenvalue weighted by Gasteiger charge is 2.31. The maximum atomic E-state index is 4.60. The van der Waals surface area contributed by atoms with Crippen molar-refractivity contribution in [3.05, 3.63) is 11.9 Å². The Bertz CT molecular complexity index is 410. The van der Waals surface area contributed by atoms with Crippen molar-refractivity contribution in [2.24, 2.45) is 13.0 Å². The maximum Gasteiger partial charge on any atom is 0.0855 e. The van der Waals surface area contributed by atoms with Crippen LogP contribution in [0.2, 0.25) is 0 Å². The van der Waals surface area contributed by atoms with Gasteiger partial charge in [-0.05, 0) is 18.8 Å². The molecule has 1 aliphatic rings. The Hall–Kier alpha value is -1.03. The number of aromatic nitrogens is 2. The largest absolute Gasteiger partial charge is 0.363 e. The maximum absolute atomic E-state index is 4.60. The van der Waals surface area contributed by atoms with Gasteiger partial charge in [-0.25, -0.2) is 0 Å². The van der Waals surface area contributed by atoms with Crippen molar-refractivity contribution in [3.63, 3.8) is 0 Å². The van der Waals surface area contributed by atoms with Gasteiger partial charge in [0, 0.05) is 38.4 Å². The summed E-state index contributed by atoms with van der Waals surface area (Å²) in [6.45, 7) is 11.2. The summed E-state index contributed by atoms with van der Waals surface area (Å²) in [5, 5.41) is 8.28. The minimum atomic E-state index is 0.567.